The van der Waals surface area contributed by atoms with Crippen molar-refractivity contribution in [1.82, 2.24) is 15.3 Å². The van der Waals surface area contributed by atoms with Crippen LogP contribution in [0, 0.1) is 0 Å². The molecular weight excluding hydrogens is 504 g/mol. The summed E-state index contributed by atoms with van der Waals surface area (Å²) in [5.74, 6) is -0.00785. The molecule has 3 aromatic carbocycles. The van der Waals surface area contributed by atoms with Crippen molar-refractivity contribution in [1.29, 1.82) is 0 Å². The Hall–Kier alpha value is -4.38. The zero-order valence-corrected chi connectivity index (χ0v) is 23.7. The van der Waals surface area contributed by atoms with Gasteiger partial charge in [-0.05, 0) is 55.2 Å². The van der Waals surface area contributed by atoms with E-state index >= 15 is 0 Å². The molecule has 41 heavy (non-hydrogen) atoms. The largest absolute Gasteiger partial charge is 0.371 e. The quantitative estimate of drug-likeness (QED) is 0.179. The van der Waals surface area contributed by atoms with Gasteiger partial charge in [-0.1, -0.05) is 92.1 Å². The number of aromatic nitrogens is 2. The third-order valence-corrected chi connectivity index (χ3v) is 8.75. The normalized spacial score (nSPS) is 16.1. The van der Waals surface area contributed by atoms with E-state index in [0.29, 0.717) is 13.0 Å². The number of para-hydroxylation sites is 2. The van der Waals surface area contributed by atoms with E-state index in [1.807, 2.05) is 61.8 Å². The average molecular weight is 543 g/mol. The molecule has 1 atom stereocenters. The topological polar surface area (TPSA) is 69.8 Å². The Balaban J connectivity index is 1.34. The summed E-state index contributed by atoms with van der Waals surface area (Å²) in [4.78, 5) is 22.5. The monoisotopic (exact) mass is 542 g/mol. The number of aromatic amines is 1. The molecule has 0 unspecified atom stereocenters. The standard InChI is InChI=1S/C36H38N4O/c1-35(24-28-25-38-31-18-8-6-17-30(28)31,40-32-19-9-7-16-29(32)27-14-4-2-5-15-27)34(41)39-26-36(21-11-3-12-22-36)33-20-10-13-23-37-33/h2,4-10,13-20,23,25,38,40H,3,11-12,21-22,24,26H2,1H3,(H,39,41)/t35-/m0/s1. The smallest absolute Gasteiger partial charge is 0.245 e. The molecule has 1 saturated carbocycles. The zero-order chi connectivity index (χ0) is 28.1. The van der Waals surface area contributed by atoms with Crippen LogP contribution in [0.5, 0.6) is 0 Å². The maximum Gasteiger partial charge on any atom is 0.245 e. The number of carbonyl (C=O) groups excluding carboxylic acids is 1. The summed E-state index contributed by atoms with van der Waals surface area (Å²) in [7, 11) is 0. The highest BCUT2D eigenvalue weighted by Crippen LogP contribution is 2.38. The van der Waals surface area contributed by atoms with Gasteiger partial charge in [0.25, 0.3) is 0 Å². The van der Waals surface area contributed by atoms with Crippen molar-refractivity contribution in [2.24, 2.45) is 0 Å². The van der Waals surface area contributed by atoms with Gasteiger partial charge < -0.3 is 15.6 Å². The third-order valence-electron chi connectivity index (χ3n) is 8.75. The molecule has 6 rings (SSSR count). The average Bonchev–Trinajstić information content (AvgIpc) is 3.43. The first kappa shape index (κ1) is 26.8. The molecule has 5 aromatic rings. The Bertz CT molecular complexity index is 1600. The molecule has 0 radical (unpaired) electrons. The number of hydrogen-bond acceptors (Lipinski definition) is 3. The highest BCUT2D eigenvalue weighted by molar-refractivity contribution is 5.93. The van der Waals surface area contributed by atoms with Gasteiger partial charge in [0.1, 0.15) is 5.54 Å². The van der Waals surface area contributed by atoms with Crippen LogP contribution >= 0.6 is 0 Å². The van der Waals surface area contributed by atoms with E-state index in [1.54, 1.807) is 0 Å². The van der Waals surface area contributed by atoms with Gasteiger partial charge in [0.2, 0.25) is 5.91 Å². The number of rotatable bonds is 9. The Labute approximate surface area is 242 Å². The maximum atomic E-state index is 14.4. The summed E-state index contributed by atoms with van der Waals surface area (Å²) in [6.07, 6.45) is 10.1. The predicted molar refractivity (Wildman–Crippen MR) is 168 cm³/mol. The molecule has 0 bridgehead atoms. The number of H-pyrrole nitrogens is 1. The van der Waals surface area contributed by atoms with Crippen molar-refractivity contribution in [3.05, 3.63) is 121 Å². The van der Waals surface area contributed by atoms with Crippen molar-refractivity contribution in [3.8, 4) is 11.1 Å². The zero-order valence-electron chi connectivity index (χ0n) is 23.7. The Morgan fingerprint density at radius 1 is 0.878 bits per heavy atom. The van der Waals surface area contributed by atoms with Gasteiger partial charge in [-0.15, -0.1) is 0 Å². The van der Waals surface area contributed by atoms with Crippen LogP contribution in [-0.4, -0.2) is 28.0 Å². The van der Waals surface area contributed by atoms with Crippen molar-refractivity contribution in [2.45, 2.75) is 56.4 Å². The summed E-state index contributed by atoms with van der Waals surface area (Å²) in [6, 6.07) is 33.0. The molecule has 5 heteroatoms. The van der Waals surface area contributed by atoms with Crippen LogP contribution in [0.3, 0.4) is 0 Å². The minimum absolute atomic E-state index is 0.00785. The van der Waals surface area contributed by atoms with Crippen LogP contribution in [0.4, 0.5) is 5.69 Å². The highest BCUT2D eigenvalue weighted by Gasteiger charge is 2.39. The fourth-order valence-electron chi connectivity index (χ4n) is 6.47. The number of nitrogens with one attached hydrogen (secondary N) is 3. The second-order valence-corrected chi connectivity index (χ2v) is 11.6. The molecule has 2 aromatic heterocycles. The fourth-order valence-corrected chi connectivity index (χ4v) is 6.47. The minimum atomic E-state index is -0.907. The van der Waals surface area contributed by atoms with Gasteiger partial charge in [0.05, 0.1) is 0 Å². The summed E-state index contributed by atoms with van der Waals surface area (Å²) in [5.41, 5.74) is 5.35. The van der Waals surface area contributed by atoms with Crippen LogP contribution in [0.2, 0.25) is 0 Å². The van der Waals surface area contributed by atoms with Crippen molar-refractivity contribution < 1.29 is 4.79 Å². The van der Waals surface area contributed by atoms with Gasteiger partial charge in [-0.25, -0.2) is 0 Å². The predicted octanol–water partition coefficient (Wildman–Crippen LogP) is 7.66. The number of pyridine rings is 1. The van der Waals surface area contributed by atoms with E-state index in [1.165, 1.54) is 6.42 Å². The molecule has 0 spiro atoms. The maximum absolute atomic E-state index is 14.4. The van der Waals surface area contributed by atoms with E-state index in [2.05, 4.69) is 70.2 Å². The van der Waals surface area contributed by atoms with E-state index in [9.17, 15) is 4.79 Å². The molecule has 3 N–H and O–H groups in total. The van der Waals surface area contributed by atoms with Crippen LogP contribution in [-0.2, 0) is 16.6 Å². The number of nitrogens with zero attached hydrogens (tertiary/aromatic N) is 1. The molecule has 208 valence electrons. The summed E-state index contributed by atoms with van der Waals surface area (Å²) in [6.45, 7) is 2.61. The molecule has 5 nitrogen and oxygen atoms in total. The lowest BCUT2D eigenvalue weighted by Gasteiger charge is -2.39. The molecule has 0 saturated heterocycles. The lowest BCUT2D eigenvalue weighted by atomic mass is 9.71. The summed E-state index contributed by atoms with van der Waals surface area (Å²) < 4.78 is 0. The minimum Gasteiger partial charge on any atom is -0.371 e. The van der Waals surface area contributed by atoms with Gasteiger partial charge in [0, 0.05) is 58.6 Å². The van der Waals surface area contributed by atoms with Crippen LogP contribution < -0.4 is 10.6 Å². The molecule has 1 amide bonds. The number of hydrogen-bond donors (Lipinski definition) is 3. The number of anilines is 1. The van der Waals surface area contributed by atoms with Crippen LogP contribution in [0.15, 0.2) is 109 Å². The number of amides is 1. The molecule has 2 heterocycles. The van der Waals surface area contributed by atoms with Crippen molar-refractivity contribution in [2.75, 3.05) is 11.9 Å². The van der Waals surface area contributed by atoms with E-state index in [0.717, 1.165) is 64.7 Å². The second kappa shape index (κ2) is 11.6. The molecule has 1 aliphatic rings. The van der Waals surface area contributed by atoms with Crippen LogP contribution in [0.25, 0.3) is 22.0 Å². The fraction of sp³-hybridized carbons (Fsp3) is 0.278. The Morgan fingerprint density at radius 2 is 1.61 bits per heavy atom. The van der Waals surface area contributed by atoms with E-state index in [4.69, 9.17) is 4.98 Å². The lowest BCUT2D eigenvalue weighted by Crippen LogP contribution is -2.55. The SMILES string of the molecule is C[C@@](Cc1c[nH]c2ccccc12)(Nc1ccccc1-c1ccccc1)C(=O)NCC1(c2ccccn2)CCCCC1. The van der Waals surface area contributed by atoms with Crippen LogP contribution in [0.1, 0.15) is 50.3 Å². The van der Waals surface area contributed by atoms with E-state index < -0.39 is 5.54 Å². The first-order valence-corrected chi connectivity index (χ1v) is 14.7. The second-order valence-electron chi connectivity index (χ2n) is 11.6. The Morgan fingerprint density at radius 3 is 2.41 bits per heavy atom. The molecular formula is C36H38N4O. The third kappa shape index (κ3) is 5.62. The summed E-state index contributed by atoms with van der Waals surface area (Å²) >= 11 is 0. The first-order chi connectivity index (χ1) is 20.1. The first-order valence-electron chi connectivity index (χ1n) is 14.7. The molecule has 1 aliphatic carbocycles. The van der Waals surface area contributed by atoms with Gasteiger partial charge in [0.15, 0.2) is 0 Å². The van der Waals surface area contributed by atoms with Gasteiger partial charge in [-0.3, -0.25) is 9.78 Å². The molecule has 0 aliphatic heterocycles. The lowest BCUT2D eigenvalue weighted by molar-refractivity contribution is -0.125. The number of carbonyl (C=O) groups is 1. The Kier molecular flexibility index (Phi) is 7.60. The van der Waals surface area contributed by atoms with E-state index in [-0.39, 0.29) is 11.3 Å². The summed E-state index contributed by atoms with van der Waals surface area (Å²) in [5, 5.41) is 8.29. The number of fused-ring (bicyclic) bond motifs is 1. The highest BCUT2D eigenvalue weighted by atomic mass is 16.2. The van der Waals surface area contributed by atoms with Crippen molar-refractivity contribution in [3.63, 3.8) is 0 Å². The van der Waals surface area contributed by atoms with Gasteiger partial charge in [-0.2, -0.15) is 0 Å². The van der Waals surface area contributed by atoms with Crippen molar-refractivity contribution >= 4 is 22.5 Å². The number of benzene rings is 3. The van der Waals surface area contributed by atoms with Gasteiger partial charge >= 0.3 is 0 Å². The molecule has 1 fully saturated rings.